The average Bonchev–Trinajstić information content (AvgIpc) is 2.64. The molecule has 2 N–H and O–H groups in total. The zero-order valence-electron chi connectivity index (χ0n) is 8.39. The van der Waals surface area contributed by atoms with Crippen molar-refractivity contribution in [1.29, 1.82) is 0 Å². The van der Waals surface area contributed by atoms with Gasteiger partial charge in [0.2, 0.25) is 0 Å². The van der Waals surface area contributed by atoms with Crippen LogP contribution in [-0.4, -0.2) is 9.55 Å². The maximum atomic E-state index is 6.15. The van der Waals surface area contributed by atoms with Gasteiger partial charge in [0.25, 0.3) is 0 Å². The molecule has 0 saturated carbocycles. The van der Waals surface area contributed by atoms with Crippen molar-refractivity contribution < 1.29 is 0 Å². The molecule has 0 aliphatic carbocycles. The zero-order chi connectivity index (χ0) is 10.8. The molecule has 0 aliphatic rings. The molecule has 78 valence electrons. The number of benzene rings is 1. The largest absolute Gasteiger partial charge is 0.336 e. The van der Waals surface area contributed by atoms with E-state index >= 15 is 0 Å². The fourth-order valence-electron chi connectivity index (χ4n) is 1.54. The van der Waals surface area contributed by atoms with Gasteiger partial charge in [0.1, 0.15) is 5.82 Å². The number of nitrogens with two attached hydrogens (primary N) is 1. The first kappa shape index (κ1) is 10.4. The van der Waals surface area contributed by atoms with Crippen molar-refractivity contribution in [2.75, 3.05) is 0 Å². The van der Waals surface area contributed by atoms with Gasteiger partial charge < -0.3 is 10.3 Å². The van der Waals surface area contributed by atoms with E-state index in [2.05, 4.69) is 20.9 Å². The molecule has 0 fully saturated rings. The SMILES string of the molecule is Cn1ccnc1C(N)c1ccccc1Br. The van der Waals surface area contributed by atoms with Crippen LogP contribution in [0, 0.1) is 0 Å². The Hall–Kier alpha value is -1.13. The van der Waals surface area contributed by atoms with E-state index in [-0.39, 0.29) is 6.04 Å². The highest BCUT2D eigenvalue weighted by Gasteiger charge is 2.15. The highest BCUT2D eigenvalue weighted by Crippen LogP contribution is 2.25. The number of aromatic nitrogens is 2. The quantitative estimate of drug-likeness (QED) is 0.905. The number of imidazole rings is 1. The van der Waals surface area contributed by atoms with E-state index in [1.54, 1.807) is 6.20 Å². The summed E-state index contributed by atoms with van der Waals surface area (Å²) in [5.41, 5.74) is 7.20. The summed E-state index contributed by atoms with van der Waals surface area (Å²) in [5, 5.41) is 0. The van der Waals surface area contributed by atoms with Crippen LogP contribution in [0.5, 0.6) is 0 Å². The van der Waals surface area contributed by atoms with Crippen LogP contribution in [0.25, 0.3) is 0 Å². The number of halogens is 1. The molecule has 1 atom stereocenters. The molecule has 2 aromatic rings. The molecule has 1 aromatic carbocycles. The molecular weight excluding hydrogens is 254 g/mol. The van der Waals surface area contributed by atoms with Gasteiger partial charge in [-0.25, -0.2) is 4.98 Å². The van der Waals surface area contributed by atoms with Crippen molar-refractivity contribution in [3.8, 4) is 0 Å². The molecule has 1 aromatic heterocycles. The molecule has 0 radical (unpaired) electrons. The van der Waals surface area contributed by atoms with Crippen molar-refractivity contribution in [1.82, 2.24) is 9.55 Å². The van der Waals surface area contributed by atoms with Crippen LogP contribution in [0.15, 0.2) is 41.1 Å². The van der Waals surface area contributed by atoms with Gasteiger partial charge in [-0.15, -0.1) is 0 Å². The molecule has 1 heterocycles. The van der Waals surface area contributed by atoms with Crippen LogP contribution in [0.3, 0.4) is 0 Å². The Labute approximate surface area is 97.1 Å². The first-order chi connectivity index (χ1) is 7.20. The molecule has 1 unspecified atom stereocenters. The summed E-state index contributed by atoms with van der Waals surface area (Å²) in [5.74, 6) is 0.863. The Bertz CT molecular complexity index is 464. The second kappa shape index (κ2) is 4.16. The number of hydrogen-bond donors (Lipinski definition) is 1. The summed E-state index contributed by atoms with van der Waals surface area (Å²) in [7, 11) is 1.94. The fraction of sp³-hybridized carbons (Fsp3) is 0.182. The van der Waals surface area contributed by atoms with E-state index in [4.69, 9.17) is 5.73 Å². The maximum absolute atomic E-state index is 6.15. The smallest absolute Gasteiger partial charge is 0.130 e. The minimum atomic E-state index is -0.194. The average molecular weight is 266 g/mol. The summed E-state index contributed by atoms with van der Waals surface area (Å²) in [4.78, 5) is 4.25. The Morgan fingerprint density at radius 1 is 1.40 bits per heavy atom. The van der Waals surface area contributed by atoms with Gasteiger partial charge in [-0.2, -0.15) is 0 Å². The van der Waals surface area contributed by atoms with Crippen LogP contribution >= 0.6 is 15.9 Å². The molecule has 0 aliphatic heterocycles. The molecular formula is C11H12BrN3. The molecule has 0 saturated heterocycles. The lowest BCUT2D eigenvalue weighted by atomic mass is 10.1. The molecule has 0 amide bonds. The third kappa shape index (κ3) is 1.96. The van der Waals surface area contributed by atoms with Gasteiger partial charge in [-0.3, -0.25) is 0 Å². The lowest BCUT2D eigenvalue weighted by Crippen LogP contribution is -2.16. The Balaban J connectivity index is 2.41. The van der Waals surface area contributed by atoms with Gasteiger partial charge in [-0.1, -0.05) is 34.1 Å². The molecule has 2 rings (SSSR count). The molecule has 15 heavy (non-hydrogen) atoms. The Morgan fingerprint density at radius 2 is 2.13 bits per heavy atom. The van der Waals surface area contributed by atoms with Crippen molar-refractivity contribution >= 4 is 15.9 Å². The minimum absolute atomic E-state index is 0.194. The van der Waals surface area contributed by atoms with Crippen molar-refractivity contribution in [3.63, 3.8) is 0 Å². The van der Waals surface area contributed by atoms with Crippen molar-refractivity contribution in [2.24, 2.45) is 12.8 Å². The number of nitrogens with zero attached hydrogens (tertiary/aromatic N) is 2. The summed E-state index contributed by atoms with van der Waals surface area (Å²) in [6.45, 7) is 0. The summed E-state index contributed by atoms with van der Waals surface area (Å²) in [6.07, 6.45) is 3.65. The van der Waals surface area contributed by atoms with Gasteiger partial charge >= 0.3 is 0 Å². The van der Waals surface area contributed by atoms with E-state index in [1.165, 1.54) is 0 Å². The van der Waals surface area contributed by atoms with Crippen LogP contribution < -0.4 is 5.73 Å². The Kier molecular flexibility index (Phi) is 2.88. The van der Waals surface area contributed by atoms with E-state index in [9.17, 15) is 0 Å². The molecule has 0 spiro atoms. The van der Waals surface area contributed by atoms with Gasteiger partial charge in [-0.05, 0) is 11.6 Å². The highest BCUT2D eigenvalue weighted by molar-refractivity contribution is 9.10. The van der Waals surface area contributed by atoms with Crippen LogP contribution in [0.2, 0.25) is 0 Å². The topological polar surface area (TPSA) is 43.8 Å². The predicted octanol–water partition coefficient (Wildman–Crippen LogP) is 2.23. The summed E-state index contributed by atoms with van der Waals surface area (Å²) < 4.78 is 2.95. The van der Waals surface area contributed by atoms with Crippen LogP contribution in [0.4, 0.5) is 0 Å². The molecule has 0 bridgehead atoms. The van der Waals surface area contributed by atoms with Crippen LogP contribution in [-0.2, 0) is 7.05 Å². The summed E-state index contributed by atoms with van der Waals surface area (Å²) in [6, 6.07) is 7.74. The fourth-order valence-corrected chi connectivity index (χ4v) is 2.07. The van der Waals surface area contributed by atoms with Gasteiger partial charge in [0.15, 0.2) is 0 Å². The number of hydrogen-bond acceptors (Lipinski definition) is 2. The van der Waals surface area contributed by atoms with Crippen molar-refractivity contribution in [3.05, 3.63) is 52.5 Å². The molecule has 3 nitrogen and oxygen atoms in total. The number of rotatable bonds is 2. The maximum Gasteiger partial charge on any atom is 0.130 e. The third-order valence-corrected chi connectivity index (χ3v) is 3.10. The van der Waals surface area contributed by atoms with E-state index in [0.29, 0.717) is 0 Å². The van der Waals surface area contributed by atoms with E-state index < -0.39 is 0 Å². The van der Waals surface area contributed by atoms with E-state index in [0.717, 1.165) is 15.9 Å². The standard InChI is InChI=1S/C11H12BrN3/c1-15-7-6-14-11(15)10(13)8-4-2-3-5-9(8)12/h2-7,10H,13H2,1H3. The zero-order valence-corrected chi connectivity index (χ0v) is 9.98. The first-order valence-electron chi connectivity index (χ1n) is 4.67. The van der Waals surface area contributed by atoms with Gasteiger partial charge in [0, 0.05) is 23.9 Å². The molecule has 4 heteroatoms. The highest BCUT2D eigenvalue weighted by atomic mass is 79.9. The van der Waals surface area contributed by atoms with Crippen LogP contribution in [0.1, 0.15) is 17.4 Å². The third-order valence-electron chi connectivity index (χ3n) is 2.38. The monoisotopic (exact) mass is 265 g/mol. The predicted molar refractivity (Wildman–Crippen MR) is 63.4 cm³/mol. The summed E-state index contributed by atoms with van der Waals surface area (Å²) >= 11 is 3.49. The van der Waals surface area contributed by atoms with Gasteiger partial charge in [0.05, 0.1) is 6.04 Å². The first-order valence-corrected chi connectivity index (χ1v) is 5.46. The number of aryl methyl sites for hydroxylation is 1. The lowest BCUT2D eigenvalue weighted by molar-refractivity contribution is 0.714. The lowest BCUT2D eigenvalue weighted by Gasteiger charge is -2.13. The second-order valence-electron chi connectivity index (χ2n) is 3.40. The van der Waals surface area contributed by atoms with Crippen molar-refractivity contribution in [2.45, 2.75) is 6.04 Å². The van der Waals surface area contributed by atoms with E-state index in [1.807, 2.05) is 42.1 Å². The minimum Gasteiger partial charge on any atom is -0.336 e. The normalized spacial score (nSPS) is 12.7. The Morgan fingerprint density at radius 3 is 2.73 bits per heavy atom. The second-order valence-corrected chi connectivity index (χ2v) is 4.25.